The van der Waals surface area contributed by atoms with E-state index in [1.54, 1.807) is 0 Å². The topological polar surface area (TPSA) is 16.4 Å². The van der Waals surface area contributed by atoms with Gasteiger partial charge in [0.15, 0.2) is 5.58 Å². The smallest absolute Gasteiger partial charge is 0.160 e. The van der Waals surface area contributed by atoms with Crippen molar-refractivity contribution in [1.82, 2.24) is 0 Å². The number of nitrogens with zero attached hydrogens (tertiary/aromatic N) is 1. The van der Waals surface area contributed by atoms with Crippen molar-refractivity contribution >= 4 is 49.8 Å². The Bertz CT molecular complexity index is 2530. The summed E-state index contributed by atoms with van der Waals surface area (Å²) in [4.78, 5) is 2.35. The molecule has 0 aliphatic heterocycles. The normalized spacial score (nSPS) is 11.3. The maximum Gasteiger partial charge on any atom is 0.160 e. The van der Waals surface area contributed by atoms with E-state index in [9.17, 15) is 0 Å². The SMILES string of the molecule is c1ccc(-c2ccc(N(c3ccc(-c4ccccc4)c(-c4ccccc4)c3)c3cc4ccccc4c4c3oc3ccccc34)cc2)cc1. The van der Waals surface area contributed by atoms with Crippen molar-refractivity contribution in [3.63, 3.8) is 0 Å². The Morgan fingerprint density at radius 3 is 1.62 bits per heavy atom. The highest BCUT2D eigenvalue weighted by atomic mass is 16.3. The van der Waals surface area contributed by atoms with Crippen LogP contribution in [-0.2, 0) is 0 Å². The van der Waals surface area contributed by atoms with Crippen molar-refractivity contribution in [3.8, 4) is 33.4 Å². The molecule has 9 rings (SSSR count). The van der Waals surface area contributed by atoms with E-state index in [1.165, 1.54) is 44.2 Å². The molecule has 0 saturated carbocycles. The highest BCUT2D eigenvalue weighted by molar-refractivity contribution is 6.23. The molecule has 0 saturated heterocycles. The van der Waals surface area contributed by atoms with E-state index in [0.717, 1.165) is 39.0 Å². The highest BCUT2D eigenvalue weighted by Crippen LogP contribution is 2.47. The summed E-state index contributed by atoms with van der Waals surface area (Å²) in [5.74, 6) is 0. The summed E-state index contributed by atoms with van der Waals surface area (Å²) < 4.78 is 6.77. The molecule has 8 aromatic carbocycles. The number of hydrogen-bond acceptors (Lipinski definition) is 2. The van der Waals surface area contributed by atoms with E-state index in [4.69, 9.17) is 4.42 Å². The quantitative estimate of drug-likeness (QED) is 0.185. The van der Waals surface area contributed by atoms with Gasteiger partial charge < -0.3 is 9.32 Å². The molecule has 0 aliphatic carbocycles. The second-order valence-electron chi connectivity index (χ2n) is 12.1. The molecular formula is C46H31NO. The summed E-state index contributed by atoms with van der Waals surface area (Å²) in [5, 5.41) is 4.61. The van der Waals surface area contributed by atoms with Gasteiger partial charge in [-0.05, 0) is 80.6 Å². The Morgan fingerprint density at radius 1 is 0.375 bits per heavy atom. The number of hydrogen-bond donors (Lipinski definition) is 0. The van der Waals surface area contributed by atoms with Gasteiger partial charge in [-0.2, -0.15) is 0 Å². The first-order valence-corrected chi connectivity index (χ1v) is 16.4. The zero-order chi connectivity index (χ0) is 31.9. The molecular weight excluding hydrogens is 583 g/mol. The minimum atomic E-state index is 0.871. The van der Waals surface area contributed by atoms with Crippen molar-refractivity contribution in [3.05, 3.63) is 188 Å². The molecule has 0 spiro atoms. The second-order valence-corrected chi connectivity index (χ2v) is 12.1. The maximum absolute atomic E-state index is 6.77. The Morgan fingerprint density at radius 2 is 0.917 bits per heavy atom. The lowest BCUT2D eigenvalue weighted by atomic mass is 9.93. The molecule has 9 aromatic rings. The summed E-state index contributed by atoms with van der Waals surface area (Å²) in [6, 6.07) is 66.8. The van der Waals surface area contributed by atoms with Crippen LogP contribution in [0.2, 0.25) is 0 Å². The van der Waals surface area contributed by atoms with E-state index < -0.39 is 0 Å². The number of rotatable bonds is 6. The number of anilines is 3. The number of fused-ring (bicyclic) bond motifs is 5. The lowest BCUT2D eigenvalue weighted by Crippen LogP contribution is -2.11. The van der Waals surface area contributed by atoms with Crippen LogP contribution in [0.15, 0.2) is 192 Å². The zero-order valence-corrected chi connectivity index (χ0v) is 26.3. The average Bonchev–Trinajstić information content (AvgIpc) is 3.57. The van der Waals surface area contributed by atoms with Crippen molar-refractivity contribution < 1.29 is 4.42 Å². The van der Waals surface area contributed by atoms with Gasteiger partial charge in [0.25, 0.3) is 0 Å². The molecule has 2 heteroatoms. The Labute approximate surface area is 279 Å². The first-order chi connectivity index (χ1) is 23.8. The third-order valence-electron chi connectivity index (χ3n) is 9.25. The van der Waals surface area contributed by atoms with Gasteiger partial charge in [0.2, 0.25) is 0 Å². The van der Waals surface area contributed by atoms with Crippen molar-refractivity contribution in [1.29, 1.82) is 0 Å². The molecule has 0 radical (unpaired) electrons. The summed E-state index contributed by atoms with van der Waals surface area (Å²) in [6.45, 7) is 0. The number of benzene rings is 8. The number of furan rings is 1. The van der Waals surface area contributed by atoms with Crippen LogP contribution in [-0.4, -0.2) is 0 Å². The molecule has 2 nitrogen and oxygen atoms in total. The number of para-hydroxylation sites is 1. The molecule has 0 aliphatic rings. The van der Waals surface area contributed by atoms with E-state index in [2.05, 4.69) is 187 Å². The van der Waals surface area contributed by atoms with Gasteiger partial charge in [0.05, 0.1) is 5.69 Å². The minimum absolute atomic E-state index is 0.871. The third-order valence-corrected chi connectivity index (χ3v) is 9.25. The summed E-state index contributed by atoms with van der Waals surface area (Å²) in [5.41, 5.74) is 12.0. The van der Waals surface area contributed by atoms with Gasteiger partial charge in [-0.25, -0.2) is 0 Å². The average molecular weight is 614 g/mol. The zero-order valence-electron chi connectivity index (χ0n) is 26.3. The van der Waals surface area contributed by atoms with Gasteiger partial charge in [0, 0.05) is 22.1 Å². The van der Waals surface area contributed by atoms with Crippen LogP contribution in [0.1, 0.15) is 0 Å². The van der Waals surface area contributed by atoms with Crippen LogP contribution >= 0.6 is 0 Å². The molecule has 1 heterocycles. The second kappa shape index (κ2) is 11.8. The first kappa shape index (κ1) is 27.9. The fraction of sp³-hybridized carbons (Fsp3) is 0. The van der Waals surface area contributed by atoms with Crippen molar-refractivity contribution in [2.45, 2.75) is 0 Å². The van der Waals surface area contributed by atoms with Crippen LogP contribution in [0.25, 0.3) is 66.1 Å². The van der Waals surface area contributed by atoms with E-state index in [1.807, 2.05) is 6.07 Å². The summed E-state index contributed by atoms with van der Waals surface area (Å²) in [7, 11) is 0. The largest absolute Gasteiger partial charge is 0.454 e. The Balaban J connectivity index is 1.33. The van der Waals surface area contributed by atoms with E-state index >= 15 is 0 Å². The van der Waals surface area contributed by atoms with Crippen molar-refractivity contribution in [2.75, 3.05) is 4.90 Å². The van der Waals surface area contributed by atoms with Crippen LogP contribution in [0.4, 0.5) is 17.1 Å². The Kier molecular flexibility index (Phi) is 6.84. The molecule has 0 fully saturated rings. The summed E-state index contributed by atoms with van der Waals surface area (Å²) >= 11 is 0. The molecule has 0 atom stereocenters. The lowest BCUT2D eigenvalue weighted by molar-refractivity contribution is 0.669. The highest BCUT2D eigenvalue weighted by Gasteiger charge is 2.23. The molecule has 48 heavy (non-hydrogen) atoms. The van der Waals surface area contributed by atoms with Gasteiger partial charge in [-0.3, -0.25) is 0 Å². The van der Waals surface area contributed by atoms with Gasteiger partial charge >= 0.3 is 0 Å². The standard InChI is InChI=1S/C46H31NO/c1-4-14-32(15-5-1)33-24-26-37(27-25-33)47(38-28-29-39(34-16-6-2-7-17-34)42(31-38)35-18-8-3-9-19-35)43-30-36-20-10-11-21-40(36)45-41-22-12-13-23-44(41)48-46(43)45/h1-31H. The molecule has 0 amide bonds. The van der Waals surface area contributed by atoms with E-state index in [-0.39, 0.29) is 0 Å². The minimum Gasteiger partial charge on any atom is -0.454 e. The third kappa shape index (κ3) is 4.83. The summed E-state index contributed by atoms with van der Waals surface area (Å²) in [6.07, 6.45) is 0. The monoisotopic (exact) mass is 613 g/mol. The fourth-order valence-corrected chi connectivity index (χ4v) is 6.98. The van der Waals surface area contributed by atoms with Crippen LogP contribution in [0.3, 0.4) is 0 Å². The predicted molar refractivity (Wildman–Crippen MR) is 202 cm³/mol. The molecule has 0 bridgehead atoms. The molecule has 226 valence electrons. The van der Waals surface area contributed by atoms with Gasteiger partial charge in [-0.1, -0.05) is 152 Å². The van der Waals surface area contributed by atoms with E-state index in [0.29, 0.717) is 0 Å². The molecule has 1 aromatic heterocycles. The fourth-order valence-electron chi connectivity index (χ4n) is 6.98. The van der Waals surface area contributed by atoms with Crippen LogP contribution in [0.5, 0.6) is 0 Å². The van der Waals surface area contributed by atoms with Gasteiger partial charge in [0.1, 0.15) is 5.58 Å². The van der Waals surface area contributed by atoms with Crippen molar-refractivity contribution in [2.24, 2.45) is 0 Å². The molecule has 0 unspecified atom stereocenters. The van der Waals surface area contributed by atoms with Crippen LogP contribution < -0.4 is 4.90 Å². The maximum atomic E-state index is 6.77. The first-order valence-electron chi connectivity index (χ1n) is 16.4. The Hall–Kier alpha value is -6.38. The predicted octanol–water partition coefficient (Wildman–Crippen LogP) is 13.2. The van der Waals surface area contributed by atoms with Crippen LogP contribution in [0, 0.1) is 0 Å². The molecule has 0 N–H and O–H groups in total. The lowest BCUT2D eigenvalue weighted by Gasteiger charge is -2.27. The van der Waals surface area contributed by atoms with Gasteiger partial charge in [-0.15, -0.1) is 0 Å².